The number of aromatic amines is 1. The normalized spacial score (nSPS) is 11.0. The second-order valence-corrected chi connectivity index (χ2v) is 5.64. The minimum atomic E-state index is -0.567. The summed E-state index contributed by atoms with van der Waals surface area (Å²) in [7, 11) is 0. The molecule has 2 N–H and O–H groups in total. The van der Waals surface area contributed by atoms with Gasteiger partial charge >= 0.3 is 5.97 Å². The molecule has 0 fully saturated rings. The van der Waals surface area contributed by atoms with Crippen LogP contribution in [-0.2, 0) is 9.53 Å². The first-order valence-corrected chi connectivity index (χ1v) is 7.54. The lowest BCUT2D eigenvalue weighted by Crippen LogP contribution is -2.20. The Morgan fingerprint density at radius 1 is 1.33 bits per heavy atom. The molecule has 7 nitrogen and oxygen atoms in total. The first kappa shape index (κ1) is 15.8. The molecular formula is C17H17N3O4. The maximum Gasteiger partial charge on any atom is 0.340 e. The van der Waals surface area contributed by atoms with Gasteiger partial charge in [0.1, 0.15) is 0 Å². The third-order valence-electron chi connectivity index (χ3n) is 3.53. The van der Waals surface area contributed by atoms with E-state index in [1.54, 1.807) is 12.3 Å². The molecule has 0 aliphatic carbocycles. The maximum absolute atomic E-state index is 12.1. The lowest BCUT2D eigenvalue weighted by Gasteiger charge is -2.03. The van der Waals surface area contributed by atoms with Crippen molar-refractivity contribution in [3.8, 4) is 0 Å². The highest BCUT2D eigenvalue weighted by molar-refractivity contribution is 6.04. The van der Waals surface area contributed by atoms with E-state index in [0.717, 1.165) is 16.6 Å². The molecule has 3 aromatic rings. The van der Waals surface area contributed by atoms with Crippen molar-refractivity contribution in [2.75, 3.05) is 11.9 Å². The number of para-hydroxylation sites is 1. The van der Waals surface area contributed by atoms with Crippen molar-refractivity contribution in [1.29, 1.82) is 0 Å². The highest BCUT2D eigenvalue weighted by Crippen LogP contribution is 2.19. The van der Waals surface area contributed by atoms with Gasteiger partial charge in [0, 0.05) is 23.2 Å². The third kappa shape index (κ3) is 3.29. The van der Waals surface area contributed by atoms with E-state index in [9.17, 15) is 9.59 Å². The molecule has 0 unspecified atom stereocenters. The standard InChI is InChI=1S/C17H17N3O4/c1-10(2)14-7-16(24-20-14)19-15(21)9-23-17(22)12-8-18-13-6-4-3-5-11(12)13/h3-8,10,18H,9H2,1-2H3,(H,19,21). The van der Waals surface area contributed by atoms with E-state index in [-0.39, 0.29) is 11.8 Å². The van der Waals surface area contributed by atoms with Crippen LogP contribution in [-0.4, -0.2) is 28.6 Å². The lowest BCUT2D eigenvalue weighted by atomic mass is 10.1. The van der Waals surface area contributed by atoms with Crippen molar-refractivity contribution in [2.24, 2.45) is 0 Å². The molecule has 0 aliphatic rings. The molecule has 7 heteroatoms. The molecule has 1 amide bonds. The molecule has 1 aromatic carbocycles. The number of aromatic nitrogens is 2. The number of esters is 1. The summed E-state index contributed by atoms with van der Waals surface area (Å²) < 4.78 is 10.1. The quantitative estimate of drug-likeness (QED) is 0.702. The van der Waals surface area contributed by atoms with E-state index in [1.165, 1.54) is 0 Å². The van der Waals surface area contributed by atoms with Gasteiger partial charge in [-0.05, 0) is 12.0 Å². The Balaban J connectivity index is 1.58. The van der Waals surface area contributed by atoms with E-state index < -0.39 is 18.5 Å². The number of fused-ring (bicyclic) bond motifs is 1. The van der Waals surface area contributed by atoms with Crippen LogP contribution in [0.1, 0.15) is 35.8 Å². The number of carbonyl (C=O) groups excluding carboxylic acids is 2. The predicted molar refractivity (Wildman–Crippen MR) is 87.8 cm³/mol. The number of amides is 1. The highest BCUT2D eigenvalue weighted by atomic mass is 16.5. The summed E-state index contributed by atoms with van der Waals surface area (Å²) in [6.45, 7) is 3.52. The van der Waals surface area contributed by atoms with Crippen molar-refractivity contribution >= 4 is 28.7 Å². The van der Waals surface area contributed by atoms with E-state index in [4.69, 9.17) is 9.26 Å². The van der Waals surface area contributed by atoms with Gasteiger partial charge in [-0.3, -0.25) is 10.1 Å². The van der Waals surface area contributed by atoms with Gasteiger partial charge in [-0.15, -0.1) is 0 Å². The molecule has 0 bridgehead atoms. The molecule has 0 saturated carbocycles. The van der Waals surface area contributed by atoms with Gasteiger partial charge in [0.15, 0.2) is 6.61 Å². The number of hydrogen-bond acceptors (Lipinski definition) is 5. The molecule has 3 rings (SSSR count). The number of hydrogen-bond donors (Lipinski definition) is 2. The number of H-pyrrole nitrogens is 1. The van der Waals surface area contributed by atoms with Crippen molar-refractivity contribution in [3.63, 3.8) is 0 Å². The summed E-state index contributed by atoms with van der Waals surface area (Å²) in [5.74, 6) is -0.636. The molecular weight excluding hydrogens is 310 g/mol. The van der Waals surface area contributed by atoms with E-state index in [0.29, 0.717) is 5.56 Å². The SMILES string of the molecule is CC(C)c1cc(NC(=O)COC(=O)c2c[nH]c3ccccc23)on1. The second kappa shape index (κ2) is 6.57. The minimum Gasteiger partial charge on any atom is -0.452 e. The molecule has 2 heterocycles. The zero-order valence-electron chi connectivity index (χ0n) is 13.3. The molecule has 0 aliphatic heterocycles. The van der Waals surface area contributed by atoms with Crippen LogP contribution >= 0.6 is 0 Å². The third-order valence-corrected chi connectivity index (χ3v) is 3.53. The first-order chi connectivity index (χ1) is 11.5. The van der Waals surface area contributed by atoms with Crippen LogP contribution in [0.15, 0.2) is 41.1 Å². The van der Waals surface area contributed by atoms with E-state index >= 15 is 0 Å². The minimum absolute atomic E-state index is 0.194. The maximum atomic E-state index is 12.1. The monoisotopic (exact) mass is 327 g/mol. The van der Waals surface area contributed by atoms with Gasteiger partial charge in [0.25, 0.3) is 5.91 Å². The van der Waals surface area contributed by atoms with Gasteiger partial charge in [0.05, 0.1) is 11.3 Å². The Morgan fingerprint density at radius 3 is 2.88 bits per heavy atom. The van der Waals surface area contributed by atoms with Gasteiger partial charge in [-0.25, -0.2) is 4.79 Å². The van der Waals surface area contributed by atoms with Crippen molar-refractivity contribution in [3.05, 3.63) is 47.8 Å². The zero-order chi connectivity index (χ0) is 17.1. The van der Waals surface area contributed by atoms with Gasteiger partial charge in [-0.1, -0.05) is 37.2 Å². The van der Waals surface area contributed by atoms with Crippen molar-refractivity contribution < 1.29 is 18.8 Å². The van der Waals surface area contributed by atoms with Crippen LogP contribution in [0.4, 0.5) is 5.88 Å². The predicted octanol–water partition coefficient (Wildman–Crippen LogP) is 3.07. The summed E-state index contributed by atoms with van der Waals surface area (Å²) in [5.41, 5.74) is 1.96. The number of rotatable bonds is 5. The smallest absolute Gasteiger partial charge is 0.340 e. The van der Waals surface area contributed by atoms with Gasteiger partial charge in [0.2, 0.25) is 5.88 Å². The number of benzene rings is 1. The molecule has 0 radical (unpaired) electrons. The van der Waals surface area contributed by atoms with Crippen LogP contribution in [0, 0.1) is 0 Å². The summed E-state index contributed by atoms with van der Waals surface area (Å²) >= 11 is 0. The molecule has 0 atom stereocenters. The highest BCUT2D eigenvalue weighted by Gasteiger charge is 2.16. The number of carbonyl (C=O) groups is 2. The fourth-order valence-corrected chi connectivity index (χ4v) is 2.24. The number of nitrogens with one attached hydrogen (secondary N) is 2. The number of anilines is 1. The van der Waals surface area contributed by atoms with Crippen molar-refractivity contribution in [2.45, 2.75) is 19.8 Å². The number of ether oxygens (including phenoxy) is 1. The largest absolute Gasteiger partial charge is 0.452 e. The van der Waals surface area contributed by atoms with E-state index in [1.807, 2.05) is 38.1 Å². The molecule has 2 aromatic heterocycles. The van der Waals surface area contributed by atoms with Crippen LogP contribution < -0.4 is 5.32 Å². The average molecular weight is 327 g/mol. The second-order valence-electron chi connectivity index (χ2n) is 5.64. The Kier molecular flexibility index (Phi) is 4.33. The van der Waals surface area contributed by atoms with Crippen LogP contribution in [0.3, 0.4) is 0 Å². The van der Waals surface area contributed by atoms with Crippen molar-refractivity contribution in [1.82, 2.24) is 10.1 Å². The molecule has 124 valence electrons. The average Bonchev–Trinajstić information content (AvgIpc) is 3.19. The fourth-order valence-electron chi connectivity index (χ4n) is 2.24. The van der Waals surface area contributed by atoms with Gasteiger partial charge in [-0.2, -0.15) is 0 Å². The van der Waals surface area contributed by atoms with Crippen LogP contribution in [0.2, 0.25) is 0 Å². The summed E-state index contributed by atoms with van der Waals surface area (Å²) in [6, 6.07) is 9.00. The molecule has 0 spiro atoms. The molecule has 24 heavy (non-hydrogen) atoms. The van der Waals surface area contributed by atoms with E-state index in [2.05, 4.69) is 15.5 Å². The van der Waals surface area contributed by atoms with Crippen LogP contribution in [0.25, 0.3) is 10.9 Å². The summed E-state index contributed by atoms with van der Waals surface area (Å²) in [4.78, 5) is 26.9. The first-order valence-electron chi connectivity index (χ1n) is 7.54. The Labute approximate surface area is 138 Å². The number of nitrogens with zero attached hydrogens (tertiary/aromatic N) is 1. The zero-order valence-corrected chi connectivity index (χ0v) is 13.3. The summed E-state index contributed by atoms with van der Waals surface area (Å²) in [6.07, 6.45) is 1.57. The van der Waals surface area contributed by atoms with Gasteiger partial charge < -0.3 is 14.2 Å². The van der Waals surface area contributed by atoms with Crippen LogP contribution in [0.5, 0.6) is 0 Å². The molecule has 0 saturated heterocycles. The fraction of sp³-hybridized carbons (Fsp3) is 0.235. The lowest BCUT2D eigenvalue weighted by molar-refractivity contribution is -0.119. The Bertz CT molecular complexity index is 879. The Hall–Kier alpha value is -3.09. The topological polar surface area (TPSA) is 97.2 Å². The Morgan fingerprint density at radius 2 is 2.12 bits per heavy atom. The summed E-state index contributed by atoms with van der Waals surface area (Å²) in [5, 5.41) is 7.09.